The first-order valence-electron chi connectivity index (χ1n) is 9.64. The van der Waals surface area contributed by atoms with E-state index in [0.717, 1.165) is 41.2 Å². The van der Waals surface area contributed by atoms with Crippen molar-refractivity contribution in [3.63, 3.8) is 0 Å². The van der Waals surface area contributed by atoms with E-state index in [2.05, 4.69) is 37.9 Å². The van der Waals surface area contributed by atoms with Gasteiger partial charge in [0.05, 0.1) is 5.56 Å². The minimum absolute atomic E-state index is 0.0462. The molecule has 0 aliphatic carbocycles. The number of nitrogens with two attached hydrogens (primary N) is 1. The lowest BCUT2D eigenvalue weighted by atomic mass is 9.86. The molecule has 0 atom stereocenters. The normalized spacial score (nSPS) is 12.7. The van der Waals surface area contributed by atoms with Crippen LogP contribution in [0.15, 0.2) is 42.5 Å². The molecular weight excluding hydrogens is 361 g/mol. The summed E-state index contributed by atoms with van der Waals surface area (Å²) >= 11 is 0. The van der Waals surface area contributed by atoms with Gasteiger partial charge in [-0.25, -0.2) is 0 Å². The van der Waals surface area contributed by atoms with Crippen LogP contribution < -0.4 is 5.73 Å². The maximum absolute atomic E-state index is 13.2. The van der Waals surface area contributed by atoms with Crippen molar-refractivity contribution in [1.82, 2.24) is 4.98 Å². The number of aryl methyl sites for hydroxylation is 1. The molecule has 0 amide bonds. The van der Waals surface area contributed by atoms with E-state index in [0.29, 0.717) is 18.4 Å². The number of alkyl halides is 3. The van der Waals surface area contributed by atoms with Gasteiger partial charge in [0.15, 0.2) is 0 Å². The first-order chi connectivity index (χ1) is 13.1. The van der Waals surface area contributed by atoms with Gasteiger partial charge in [-0.1, -0.05) is 45.0 Å². The number of hydrogen-bond acceptors (Lipinski definition) is 1. The molecule has 2 aromatic carbocycles. The molecule has 5 heteroatoms. The van der Waals surface area contributed by atoms with Crippen LogP contribution in [-0.4, -0.2) is 11.5 Å². The van der Waals surface area contributed by atoms with Crippen LogP contribution in [0.5, 0.6) is 0 Å². The van der Waals surface area contributed by atoms with Crippen LogP contribution in [0.4, 0.5) is 13.2 Å². The number of rotatable bonds is 5. The van der Waals surface area contributed by atoms with Crippen LogP contribution >= 0.6 is 0 Å². The smallest absolute Gasteiger partial charge is 0.354 e. The predicted octanol–water partition coefficient (Wildman–Crippen LogP) is 6.43. The second-order valence-electron chi connectivity index (χ2n) is 8.31. The van der Waals surface area contributed by atoms with Gasteiger partial charge in [-0.05, 0) is 66.1 Å². The van der Waals surface area contributed by atoms with Gasteiger partial charge in [0.25, 0.3) is 0 Å². The molecule has 150 valence electrons. The van der Waals surface area contributed by atoms with Crippen LogP contribution in [0, 0.1) is 0 Å². The second-order valence-corrected chi connectivity index (χ2v) is 8.31. The molecule has 28 heavy (non-hydrogen) atoms. The zero-order valence-electron chi connectivity index (χ0n) is 16.6. The standard InChI is InChI=1S/C23H27F3N2/c1-22(2,3)16-9-7-15(8-10-16)21-18(6-4-5-13-27)19-14-17(23(24,25)26)11-12-20(19)28-21/h7-12,14,28H,4-6,13,27H2,1-3H3. The summed E-state index contributed by atoms with van der Waals surface area (Å²) in [7, 11) is 0. The highest BCUT2D eigenvalue weighted by Gasteiger charge is 2.31. The maximum Gasteiger partial charge on any atom is 0.416 e. The van der Waals surface area contributed by atoms with Crippen molar-refractivity contribution >= 4 is 10.9 Å². The molecule has 0 fully saturated rings. The molecule has 3 N–H and O–H groups in total. The predicted molar refractivity (Wildman–Crippen MR) is 109 cm³/mol. The van der Waals surface area contributed by atoms with Gasteiger partial charge < -0.3 is 10.7 Å². The molecular formula is C23H27F3N2. The number of benzene rings is 2. The third-order valence-electron chi connectivity index (χ3n) is 5.15. The topological polar surface area (TPSA) is 41.8 Å². The van der Waals surface area contributed by atoms with Crippen molar-refractivity contribution in [2.24, 2.45) is 5.73 Å². The molecule has 1 heterocycles. The highest BCUT2D eigenvalue weighted by molar-refractivity contribution is 5.91. The van der Waals surface area contributed by atoms with Gasteiger partial charge in [0, 0.05) is 16.6 Å². The fraction of sp³-hybridized carbons (Fsp3) is 0.391. The van der Waals surface area contributed by atoms with E-state index in [1.165, 1.54) is 17.7 Å². The number of unbranched alkanes of at least 4 members (excludes halogenated alkanes) is 1. The van der Waals surface area contributed by atoms with Gasteiger partial charge >= 0.3 is 6.18 Å². The Morgan fingerprint density at radius 1 is 0.893 bits per heavy atom. The number of H-pyrrole nitrogens is 1. The summed E-state index contributed by atoms with van der Waals surface area (Å²) < 4.78 is 39.6. The number of fused-ring (bicyclic) bond motifs is 1. The number of aromatic amines is 1. The molecule has 3 aromatic rings. The first kappa shape index (κ1) is 20.5. The molecule has 1 aromatic heterocycles. The highest BCUT2D eigenvalue weighted by Crippen LogP contribution is 2.37. The molecule has 2 nitrogen and oxygen atoms in total. The van der Waals surface area contributed by atoms with Crippen LogP contribution in [0.2, 0.25) is 0 Å². The van der Waals surface area contributed by atoms with E-state index >= 15 is 0 Å². The Hall–Kier alpha value is -2.27. The van der Waals surface area contributed by atoms with Gasteiger partial charge in [0.1, 0.15) is 0 Å². The average Bonchev–Trinajstić information content (AvgIpc) is 2.98. The van der Waals surface area contributed by atoms with Crippen molar-refractivity contribution in [1.29, 1.82) is 0 Å². The fourth-order valence-corrected chi connectivity index (χ4v) is 3.51. The Bertz CT molecular complexity index is 945. The summed E-state index contributed by atoms with van der Waals surface area (Å²) in [5.74, 6) is 0. The molecule has 0 aliphatic rings. The SMILES string of the molecule is CC(C)(C)c1ccc(-c2[nH]c3ccc(C(F)(F)F)cc3c2CCCCN)cc1. The van der Waals surface area contributed by atoms with Crippen molar-refractivity contribution in [3.05, 3.63) is 59.2 Å². The Labute approximate surface area is 164 Å². The van der Waals surface area contributed by atoms with Gasteiger partial charge in [0.2, 0.25) is 0 Å². The Morgan fingerprint density at radius 2 is 1.54 bits per heavy atom. The van der Waals surface area contributed by atoms with E-state index in [1.54, 1.807) is 0 Å². The van der Waals surface area contributed by atoms with Crippen molar-refractivity contribution in [2.75, 3.05) is 6.54 Å². The lowest BCUT2D eigenvalue weighted by molar-refractivity contribution is -0.137. The largest absolute Gasteiger partial charge is 0.416 e. The quantitative estimate of drug-likeness (QED) is 0.486. The molecule has 0 unspecified atom stereocenters. The van der Waals surface area contributed by atoms with Crippen molar-refractivity contribution in [2.45, 2.75) is 51.6 Å². The third-order valence-corrected chi connectivity index (χ3v) is 5.15. The summed E-state index contributed by atoms with van der Waals surface area (Å²) in [6.45, 7) is 7.04. The Balaban J connectivity index is 2.11. The van der Waals surface area contributed by atoms with E-state index in [-0.39, 0.29) is 5.41 Å². The number of nitrogens with one attached hydrogen (secondary N) is 1. The number of hydrogen-bond donors (Lipinski definition) is 2. The molecule has 0 spiro atoms. The van der Waals surface area contributed by atoms with Gasteiger partial charge in [-0.15, -0.1) is 0 Å². The lowest BCUT2D eigenvalue weighted by Gasteiger charge is -2.19. The highest BCUT2D eigenvalue weighted by atomic mass is 19.4. The summed E-state index contributed by atoms with van der Waals surface area (Å²) in [6.07, 6.45) is -1.98. The average molecular weight is 388 g/mol. The molecule has 3 rings (SSSR count). The first-order valence-corrected chi connectivity index (χ1v) is 9.64. The molecule has 0 bridgehead atoms. The molecule has 0 radical (unpaired) electrons. The van der Waals surface area contributed by atoms with E-state index in [4.69, 9.17) is 5.73 Å². The van der Waals surface area contributed by atoms with Gasteiger partial charge in [-0.3, -0.25) is 0 Å². The van der Waals surface area contributed by atoms with E-state index in [1.807, 2.05) is 12.1 Å². The Kier molecular flexibility index (Phi) is 5.57. The second kappa shape index (κ2) is 7.63. The summed E-state index contributed by atoms with van der Waals surface area (Å²) in [6, 6.07) is 12.2. The van der Waals surface area contributed by atoms with Crippen molar-refractivity contribution < 1.29 is 13.2 Å². The van der Waals surface area contributed by atoms with Crippen LogP contribution in [0.3, 0.4) is 0 Å². The zero-order valence-corrected chi connectivity index (χ0v) is 16.6. The van der Waals surface area contributed by atoms with Crippen LogP contribution in [0.25, 0.3) is 22.2 Å². The molecule has 0 saturated carbocycles. The summed E-state index contributed by atoms with van der Waals surface area (Å²) in [4.78, 5) is 3.35. The summed E-state index contributed by atoms with van der Waals surface area (Å²) in [5, 5.41) is 0.641. The Morgan fingerprint density at radius 3 is 2.11 bits per heavy atom. The van der Waals surface area contributed by atoms with Crippen molar-refractivity contribution in [3.8, 4) is 11.3 Å². The molecule has 0 saturated heterocycles. The monoisotopic (exact) mass is 388 g/mol. The van der Waals surface area contributed by atoms with E-state index in [9.17, 15) is 13.2 Å². The lowest BCUT2D eigenvalue weighted by Crippen LogP contribution is -2.10. The summed E-state index contributed by atoms with van der Waals surface area (Å²) in [5.41, 5.74) is 9.80. The van der Waals surface area contributed by atoms with Crippen LogP contribution in [-0.2, 0) is 18.0 Å². The van der Waals surface area contributed by atoms with Crippen LogP contribution in [0.1, 0.15) is 50.3 Å². The zero-order chi connectivity index (χ0) is 20.5. The maximum atomic E-state index is 13.2. The minimum atomic E-state index is -4.35. The number of halogens is 3. The number of aromatic nitrogens is 1. The van der Waals surface area contributed by atoms with Gasteiger partial charge in [-0.2, -0.15) is 13.2 Å². The minimum Gasteiger partial charge on any atom is -0.354 e. The fourth-order valence-electron chi connectivity index (χ4n) is 3.51. The third kappa shape index (κ3) is 4.25. The molecule has 0 aliphatic heterocycles. The van der Waals surface area contributed by atoms with E-state index < -0.39 is 11.7 Å².